The Kier molecular flexibility index (Phi) is 5.84. The Morgan fingerprint density at radius 1 is 0.943 bits per heavy atom. The van der Waals surface area contributed by atoms with Crippen molar-refractivity contribution in [1.29, 1.82) is 0 Å². The fourth-order valence-corrected chi connectivity index (χ4v) is 6.22. The summed E-state index contributed by atoms with van der Waals surface area (Å²) in [5, 5.41) is 6.25. The van der Waals surface area contributed by atoms with Gasteiger partial charge in [0.1, 0.15) is 5.01 Å². The number of para-hydroxylation sites is 1. The standard InChI is InChI=1S/C28H27N5S2/c1-19-9-13-21(14-10-19)26-30-32(28(34)33(26)22-15-11-20(2)12-16-22)18-31-17-5-7-24(31)27-29-23-6-3-4-8-25(23)35-27/h3-4,6,8-16,24H,5,7,17-18H2,1-2H3/t24-/m1/s1. The molecule has 3 aromatic carbocycles. The second kappa shape index (κ2) is 9.15. The third kappa shape index (κ3) is 4.24. The number of hydrogen-bond acceptors (Lipinski definition) is 5. The Morgan fingerprint density at radius 2 is 1.66 bits per heavy atom. The van der Waals surface area contributed by atoms with E-state index in [2.05, 4.69) is 96.1 Å². The number of benzene rings is 3. The van der Waals surface area contributed by atoms with Gasteiger partial charge in [0.25, 0.3) is 0 Å². The van der Waals surface area contributed by atoms with Crippen molar-refractivity contribution in [2.75, 3.05) is 6.54 Å². The van der Waals surface area contributed by atoms with Crippen LogP contribution >= 0.6 is 23.6 Å². The van der Waals surface area contributed by atoms with Crippen LogP contribution in [0.15, 0.2) is 72.8 Å². The monoisotopic (exact) mass is 497 g/mol. The summed E-state index contributed by atoms with van der Waals surface area (Å²) in [5.41, 5.74) is 5.63. The number of hydrogen-bond donors (Lipinski definition) is 0. The third-order valence-electron chi connectivity index (χ3n) is 6.72. The Bertz CT molecular complexity index is 1510. The molecule has 6 rings (SSSR count). The molecule has 0 N–H and O–H groups in total. The van der Waals surface area contributed by atoms with Crippen molar-refractivity contribution < 1.29 is 0 Å². The Morgan fingerprint density at radius 3 is 2.40 bits per heavy atom. The predicted molar refractivity (Wildman–Crippen MR) is 146 cm³/mol. The van der Waals surface area contributed by atoms with Gasteiger partial charge >= 0.3 is 0 Å². The van der Waals surface area contributed by atoms with Crippen molar-refractivity contribution in [3.8, 4) is 17.1 Å². The van der Waals surface area contributed by atoms with Crippen molar-refractivity contribution >= 4 is 33.8 Å². The van der Waals surface area contributed by atoms with Crippen molar-refractivity contribution in [2.45, 2.75) is 39.4 Å². The Hall–Kier alpha value is -3.13. The first-order valence-corrected chi connectivity index (χ1v) is 13.2. The number of rotatable bonds is 5. The number of thiazole rings is 1. The first-order valence-electron chi connectivity index (χ1n) is 12.0. The molecule has 1 atom stereocenters. The summed E-state index contributed by atoms with van der Waals surface area (Å²) in [6.07, 6.45) is 2.26. The van der Waals surface area contributed by atoms with Gasteiger partial charge in [-0.2, -0.15) is 0 Å². The minimum Gasteiger partial charge on any atom is -0.275 e. The summed E-state index contributed by atoms with van der Waals surface area (Å²) < 4.78 is 6.04. The SMILES string of the molecule is Cc1ccc(-c2nn(CN3CCC[C@@H]3c3nc4ccccc4s3)c(=S)n2-c2ccc(C)cc2)cc1. The van der Waals surface area contributed by atoms with Crippen LogP contribution < -0.4 is 0 Å². The van der Waals surface area contributed by atoms with E-state index in [1.54, 1.807) is 11.3 Å². The highest BCUT2D eigenvalue weighted by Gasteiger charge is 2.30. The first kappa shape index (κ1) is 22.3. The molecule has 176 valence electrons. The Labute approximate surface area is 214 Å². The zero-order valence-electron chi connectivity index (χ0n) is 19.9. The molecule has 0 aliphatic carbocycles. The van der Waals surface area contributed by atoms with Crippen LogP contribution in [-0.2, 0) is 6.67 Å². The average Bonchev–Trinajstić information content (AvgIpc) is 3.58. The molecule has 1 aliphatic heterocycles. The highest BCUT2D eigenvalue weighted by molar-refractivity contribution is 7.71. The molecule has 0 spiro atoms. The highest BCUT2D eigenvalue weighted by Crippen LogP contribution is 2.37. The van der Waals surface area contributed by atoms with Gasteiger partial charge in [-0.05, 0) is 63.2 Å². The normalized spacial score (nSPS) is 16.3. The molecular formula is C28H27N5S2. The lowest BCUT2D eigenvalue weighted by Crippen LogP contribution is -2.27. The van der Waals surface area contributed by atoms with Crippen LogP contribution in [0, 0.1) is 18.6 Å². The van der Waals surface area contributed by atoms with Crippen molar-refractivity contribution in [2.24, 2.45) is 0 Å². The summed E-state index contributed by atoms with van der Waals surface area (Å²) in [7, 11) is 0. The van der Waals surface area contributed by atoms with Crippen LogP contribution in [0.25, 0.3) is 27.3 Å². The van der Waals surface area contributed by atoms with E-state index in [-0.39, 0.29) is 0 Å². The second-order valence-corrected chi connectivity index (χ2v) is 10.7. The molecule has 2 aromatic heterocycles. The fraction of sp³-hybridized carbons (Fsp3) is 0.250. The number of likely N-dealkylation sites (tertiary alicyclic amines) is 1. The maximum Gasteiger partial charge on any atom is 0.204 e. The topological polar surface area (TPSA) is 38.9 Å². The van der Waals surface area contributed by atoms with E-state index in [1.807, 2.05) is 4.68 Å². The van der Waals surface area contributed by atoms with Gasteiger partial charge in [0.15, 0.2) is 5.82 Å². The van der Waals surface area contributed by atoms with E-state index in [0.717, 1.165) is 42.0 Å². The molecule has 1 saturated heterocycles. The fourth-order valence-electron chi connectivity index (χ4n) is 4.80. The van der Waals surface area contributed by atoms with Gasteiger partial charge in [-0.25, -0.2) is 9.67 Å². The van der Waals surface area contributed by atoms with E-state index in [4.69, 9.17) is 22.3 Å². The van der Waals surface area contributed by atoms with E-state index < -0.39 is 0 Å². The van der Waals surface area contributed by atoms with Crippen molar-refractivity contribution in [3.05, 3.63) is 93.7 Å². The smallest absolute Gasteiger partial charge is 0.204 e. The van der Waals surface area contributed by atoms with Crippen LogP contribution in [0.3, 0.4) is 0 Å². The lowest BCUT2D eigenvalue weighted by Gasteiger charge is -2.22. The molecule has 35 heavy (non-hydrogen) atoms. The van der Waals surface area contributed by atoms with Crippen LogP contribution in [-0.4, -0.2) is 30.8 Å². The molecule has 0 saturated carbocycles. The second-order valence-electron chi connectivity index (χ2n) is 9.27. The average molecular weight is 498 g/mol. The molecule has 0 radical (unpaired) electrons. The van der Waals surface area contributed by atoms with E-state index in [1.165, 1.54) is 20.8 Å². The van der Waals surface area contributed by atoms with Crippen LogP contribution in [0.5, 0.6) is 0 Å². The zero-order valence-corrected chi connectivity index (χ0v) is 21.5. The third-order valence-corrected chi connectivity index (χ3v) is 8.25. The number of aryl methyl sites for hydroxylation is 2. The molecule has 7 heteroatoms. The molecule has 0 bridgehead atoms. The minimum atomic E-state index is 0.293. The molecule has 1 aliphatic rings. The highest BCUT2D eigenvalue weighted by atomic mass is 32.1. The molecule has 5 aromatic rings. The molecular weight excluding hydrogens is 470 g/mol. The maximum atomic E-state index is 6.02. The molecule has 5 nitrogen and oxygen atoms in total. The van der Waals surface area contributed by atoms with E-state index >= 15 is 0 Å². The summed E-state index contributed by atoms with van der Waals surface area (Å²) >= 11 is 7.82. The first-order chi connectivity index (χ1) is 17.1. The van der Waals surface area contributed by atoms with Crippen LogP contribution in [0.2, 0.25) is 0 Å². The van der Waals surface area contributed by atoms with E-state index in [0.29, 0.717) is 17.5 Å². The van der Waals surface area contributed by atoms with Gasteiger partial charge in [-0.15, -0.1) is 16.4 Å². The zero-order chi connectivity index (χ0) is 23.9. The Balaban J connectivity index is 1.39. The molecule has 0 amide bonds. The summed E-state index contributed by atoms with van der Waals surface area (Å²) in [5.74, 6) is 0.870. The minimum absolute atomic E-state index is 0.293. The van der Waals surface area contributed by atoms with Crippen molar-refractivity contribution in [3.63, 3.8) is 0 Å². The molecule has 1 fully saturated rings. The molecule has 3 heterocycles. The van der Waals surface area contributed by atoms with Gasteiger partial charge in [0.2, 0.25) is 4.77 Å². The maximum absolute atomic E-state index is 6.02. The van der Waals surface area contributed by atoms with Gasteiger partial charge in [-0.3, -0.25) is 9.47 Å². The van der Waals surface area contributed by atoms with Crippen LogP contribution in [0.1, 0.15) is 35.0 Å². The summed E-state index contributed by atoms with van der Waals surface area (Å²) in [4.78, 5) is 7.43. The van der Waals surface area contributed by atoms with Gasteiger partial charge in [0, 0.05) is 17.8 Å². The molecule has 0 unspecified atom stereocenters. The summed E-state index contributed by atoms with van der Waals surface area (Å²) in [6.45, 7) is 5.87. The lowest BCUT2D eigenvalue weighted by molar-refractivity contribution is 0.190. The lowest BCUT2D eigenvalue weighted by atomic mass is 10.1. The summed E-state index contributed by atoms with van der Waals surface area (Å²) in [6, 6.07) is 25.7. The van der Waals surface area contributed by atoms with Crippen molar-refractivity contribution in [1.82, 2.24) is 24.2 Å². The van der Waals surface area contributed by atoms with Gasteiger partial charge < -0.3 is 0 Å². The predicted octanol–water partition coefficient (Wildman–Crippen LogP) is 7.09. The number of fused-ring (bicyclic) bond motifs is 1. The van der Waals surface area contributed by atoms with E-state index in [9.17, 15) is 0 Å². The van der Waals surface area contributed by atoms with Gasteiger partial charge in [-0.1, -0.05) is 59.7 Å². The number of aromatic nitrogens is 4. The number of nitrogens with zero attached hydrogens (tertiary/aromatic N) is 5. The quantitative estimate of drug-likeness (QED) is 0.243. The van der Waals surface area contributed by atoms with Gasteiger partial charge in [0.05, 0.1) is 22.9 Å². The largest absolute Gasteiger partial charge is 0.275 e. The van der Waals surface area contributed by atoms with Crippen LogP contribution in [0.4, 0.5) is 0 Å².